The molecule has 0 N–H and O–H groups in total. The summed E-state index contributed by atoms with van der Waals surface area (Å²) in [6.07, 6.45) is 3.41. The number of hydrogen-bond acceptors (Lipinski definition) is 4. The van der Waals surface area contributed by atoms with Crippen LogP contribution in [0.4, 0.5) is 0 Å². The maximum Gasteiger partial charge on any atom is 0.146 e. The number of rotatable bonds is 6. The lowest BCUT2D eigenvalue weighted by molar-refractivity contribution is -0.0396. The van der Waals surface area contributed by atoms with Gasteiger partial charge < -0.3 is 14.2 Å². The van der Waals surface area contributed by atoms with Crippen LogP contribution in [0.15, 0.2) is 18.5 Å². The fraction of sp³-hybridized carbons (Fsp3) is 0.500. The minimum absolute atomic E-state index is 0.286. The number of pyridine rings is 1. The first-order valence-electron chi connectivity index (χ1n) is 4.50. The largest absolute Gasteiger partial charge is 0.492 e. The van der Waals surface area contributed by atoms with Gasteiger partial charge in [0.2, 0.25) is 0 Å². The molecule has 0 spiro atoms. The Kier molecular flexibility index (Phi) is 4.96. The third-order valence-corrected chi connectivity index (χ3v) is 1.63. The molecule has 0 aliphatic heterocycles. The van der Waals surface area contributed by atoms with Crippen molar-refractivity contribution in [1.82, 2.24) is 4.98 Å². The van der Waals surface area contributed by atoms with Crippen LogP contribution in [0.3, 0.4) is 0 Å². The fourth-order valence-electron chi connectivity index (χ4n) is 1.05. The second kappa shape index (κ2) is 6.34. The number of ether oxygens (including phenoxy) is 3. The van der Waals surface area contributed by atoms with Crippen LogP contribution < -0.4 is 4.74 Å². The summed E-state index contributed by atoms with van der Waals surface area (Å²) in [5.74, 6) is 0.770. The Labute approximate surface area is 83.8 Å². The van der Waals surface area contributed by atoms with Crippen LogP contribution in [-0.4, -0.2) is 25.5 Å². The quantitative estimate of drug-likeness (QED) is 0.513. The van der Waals surface area contributed by atoms with Gasteiger partial charge in [-0.25, -0.2) is 0 Å². The molecule has 0 fully saturated rings. The Hall–Kier alpha value is -1.13. The molecule has 0 atom stereocenters. The van der Waals surface area contributed by atoms with E-state index in [0.29, 0.717) is 13.2 Å². The zero-order chi connectivity index (χ0) is 10.2. The second-order valence-electron chi connectivity index (χ2n) is 2.67. The lowest BCUT2D eigenvalue weighted by atomic mass is 10.2. The molecule has 0 amide bonds. The number of nitrogens with zero attached hydrogens (tertiary/aromatic N) is 1. The van der Waals surface area contributed by atoms with E-state index in [1.807, 2.05) is 13.0 Å². The van der Waals surface area contributed by atoms with Gasteiger partial charge >= 0.3 is 0 Å². The van der Waals surface area contributed by atoms with E-state index in [1.54, 1.807) is 19.5 Å². The summed E-state index contributed by atoms with van der Waals surface area (Å²) in [7, 11) is 1.59. The first-order valence-corrected chi connectivity index (χ1v) is 4.50. The fourth-order valence-corrected chi connectivity index (χ4v) is 1.05. The molecular weight excluding hydrogens is 182 g/mol. The topological polar surface area (TPSA) is 40.6 Å². The second-order valence-corrected chi connectivity index (χ2v) is 2.67. The molecule has 4 nitrogen and oxygen atoms in total. The van der Waals surface area contributed by atoms with Crippen LogP contribution in [-0.2, 0) is 16.1 Å². The Morgan fingerprint density at radius 2 is 2.29 bits per heavy atom. The molecule has 0 bridgehead atoms. The van der Waals surface area contributed by atoms with Crippen LogP contribution in [0, 0.1) is 0 Å². The van der Waals surface area contributed by atoms with Crippen molar-refractivity contribution in [1.29, 1.82) is 0 Å². The monoisotopic (exact) mass is 197 g/mol. The maximum absolute atomic E-state index is 5.38. The molecule has 0 radical (unpaired) electrons. The maximum atomic E-state index is 5.38. The van der Waals surface area contributed by atoms with E-state index in [-0.39, 0.29) is 6.79 Å². The minimum atomic E-state index is 0.286. The van der Waals surface area contributed by atoms with E-state index < -0.39 is 0 Å². The molecule has 14 heavy (non-hydrogen) atoms. The number of hydrogen-bond donors (Lipinski definition) is 0. The molecule has 1 aromatic rings. The predicted molar refractivity (Wildman–Crippen MR) is 52.1 cm³/mol. The van der Waals surface area contributed by atoms with E-state index >= 15 is 0 Å². The van der Waals surface area contributed by atoms with Crippen molar-refractivity contribution >= 4 is 0 Å². The summed E-state index contributed by atoms with van der Waals surface area (Å²) in [6, 6.07) is 1.88. The first-order chi connectivity index (χ1) is 6.88. The molecule has 1 aromatic heterocycles. The Morgan fingerprint density at radius 1 is 1.43 bits per heavy atom. The minimum Gasteiger partial charge on any atom is -0.492 e. The van der Waals surface area contributed by atoms with Crippen molar-refractivity contribution in [2.45, 2.75) is 13.5 Å². The van der Waals surface area contributed by atoms with Crippen molar-refractivity contribution in [2.24, 2.45) is 0 Å². The van der Waals surface area contributed by atoms with E-state index in [2.05, 4.69) is 4.98 Å². The van der Waals surface area contributed by atoms with Gasteiger partial charge in [-0.1, -0.05) is 0 Å². The molecule has 78 valence electrons. The van der Waals surface area contributed by atoms with Gasteiger partial charge in [0, 0.05) is 18.9 Å². The summed E-state index contributed by atoms with van der Waals surface area (Å²) in [4.78, 5) is 3.98. The van der Waals surface area contributed by atoms with E-state index in [0.717, 1.165) is 11.3 Å². The van der Waals surface area contributed by atoms with Gasteiger partial charge in [-0.15, -0.1) is 0 Å². The van der Waals surface area contributed by atoms with Crippen LogP contribution in [0.1, 0.15) is 12.5 Å². The molecular formula is C10H15NO3. The molecule has 1 rings (SSSR count). The lowest BCUT2D eigenvalue weighted by Gasteiger charge is -2.09. The number of aromatic nitrogens is 1. The Morgan fingerprint density at radius 3 is 3.00 bits per heavy atom. The Bertz CT molecular complexity index is 265. The number of methoxy groups -OCH3 is 1. The van der Waals surface area contributed by atoms with Gasteiger partial charge in [-0.05, 0) is 13.0 Å². The third-order valence-electron chi connectivity index (χ3n) is 1.63. The highest BCUT2D eigenvalue weighted by molar-refractivity contribution is 5.28. The van der Waals surface area contributed by atoms with Gasteiger partial charge in [0.25, 0.3) is 0 Å². The highest BCUT2D eigenvalue weighted by atomic mass is 16.7. The van der Waals surface area contributed by atoms with Crippen LogP contribution in [0.25, 0.3) is 0 Å². The third kappa shape index (κ3) is 3.32. The van der Waals surface area contributed by atoms with Crippen molar-refractivity contribution in [2.75, 3.05) is 20.5 Å². The van der Waals surface area contributed by atoms with E-state index in [4.69, 9.17) is 14.2 Å². The summed E-state index contributed by atoms with van der Waals surface area (Å²) in [6.45, 7) is 3.33. The van der Waals surface area contributed by atoms with E-state index in [9.17, 15) is 0 Å². The SMILES string of the molecule is CCOc1cnccc1COCOC. The summed E-state index contributed by atoms with van der Waals surface area (Å²) >= 11 is 0. The standard InChI is InChI=1S/C10H15NO3/c1-3-14-10-6-11-5-4-9(10)7-13-8-12-2/h4-6H,3,7-8H2,1-2H3. The molecule has 4 heteroatoms. The van der Waals surface area contributed by atoms with Crippen molar-refractivity contribution in [3.05, 3.63) is 24.0 Å². The molecule has 0 unspecified atom stereocenters. The van der Waals surface area contributed by atoms with Gasteiger partial charge in [-0.2, -0.15) is 0 Å². The van der Waals surface area contributed by atoms with Crippen molar-refractivity contribution in [3.8, 4) is 5.75 Å². The van der Waals surface area contributed by atoms with E-state index in [1.165, 1.54) is 0 Å². The average Bonchev–Trinajstić information content (AvgIpc) is 2.21. The average molecular weight is 197 g/mol. The first kappa shape index (κ1) is 10.9. The highest BCUT2D eigenvalue weighted by Crippen LogP contribution is 2.16. The summed E-state index contributed by atoms with van der Waals surface area (Å²) < 4.78 is 15.4. The van der Waals surface area contributed by atoms with Crippen molar-refractivity contribution in [3.63, 3.8) is 0 Å². The van der Waals surface area contributed by atoms with Crippen LogP contribution in [0.5, 0.6) is 5.75 Å². The van der Waals surface area contributed by atoms with Gasteiger partial charge in [0.15, 0.2) is 0 Å². The van der Waals surface area contributed by atoms with Gasteiger partial charge in [-0.3, -0.25) is 4.98 Å². The van der Waals surface area contributed by atoms with Gasteiger partial charge in [0.05, 0.1) is 19.4 Å². The Balaban J connectivity index is 2.55. The summed E-state index contributed by atoms with van der Waals surface area (Å²) in [5.41, 5.74) is 0.985. The molecule has 0 aromatic carbocycles. The van der Waals surface area contributed by atoms with Gasteiger partial charge in [0.1, 0.15) is 12.5 Å². The molecule has 0 aliphatic rings. The van der Waals surface area contributed by atoms with Crippen LogP contribution >= 0.6 is 0 Å². The highest BCUT2D eigenvalue weighted by Gasteiger charge is 2.02. The molecule has 0 saturated carbocycles. The summed E-state index contributed by atoms with van der Waals surface area (Å²) in [5, 5.41) is 0. The van der Waals surface area contributed by atoms with Crippen molar-refractivity contribution < 1.29 is 14.2 Å². The lowest BCUT2D eigenvalue weighted by Crippen LogP contribution is -2.01. The zero-order valence-electron chi connectivity index (χ0n) is 8.53. The predicted octanol–water partition coefficient (Wildman–Crippen LogP) is 1.60. The smallest absolute Gasteiger partial charge is 0.146 e. The molecule has 1 heterocycles. The molecule has 0 saturated heterocycles. The zero-order valence-corrected chi connectivity index (χ0v) is 8.53. The molecule has 0 aliphatic carbocycles. The normalized spacial score (nSPS) is 10.1. The van der Waals surface area contributed by atoms with Crippen LogP contribution in [0.2, 0.25) is 0 Å².